The lowest BCUT2D eigenvalue weighted by molar-refractivity contribution is -0.139. The van der Waals surface area contributed by atoms with E-state index in [4.69, 9.17) is 20.6 Å². The third kappa shape index (κ3) is 7.94. The summed E-state index contributed by atoms with van der Waals surface area (Å²) in [7, 11) is 1.62. The number of ether oxygens (including phenoxy) is 2. The zero-order valence-corrected chi connectivity index (χ0v) is 20.7. The molecule has 0 bridgehead atoms. The van der Waals surface area contributed by atoms with Crippen LogP contribution in [-0.4, -0.2) is 37.0 Å². The van der Waals surface area contributed by atoms with Gasteiger partial charge in [-0.2, -0.15) is 13.2 Å². The first-order valence-corrected chi connectivity index (χ1v) is 11.9. The number of hydrogen-bond acceptors (Lipinski definition) is 5. The predicted octanol–water partition coefficient (Wildman–Crippen LogP) is 4.53. The van der Waals surface area contributed by atoms with Crippen LogP contribution >= 0.6 is 0 Å². The molecular formula is C26H31F3N4O4. The van der Waals surface area contributed by atoms with Crippen LogP contribution in [0.4, 0.5) is 18.9 Å². The molecule has 1 unspecified atom stereocenters. The maximum absolute atomic E-state index is 13.8. The number of amidine groups is 1. The van der Waals surface area contributed by atoms with E-state index >= 15 is 0 Å². The minimum atomic E-state index is -4.64. The molecule has 8 nitrogen and oxygen atoms in total. The minimum Gasteiger partial charge on any atom is -0.490 e. The highest BCUT2D eigenvalue weighted by atomic mass is 19.4. The van der Waals surface area contributed by atoms with Crippen molar-refractivity contribution in [2.75, 3.05) is 12.4 Å². The topological polar surface area (TPSA) is 127 Å². The van der Waals surface area contributed by atoms with Crippen LogP contribution in [0.2, 0.25) is 0 Å². The Hall–Kier alpha value is -3.60. The third-order valence-corrected chi connectivity index (χ3v) is 6.24. The van der Waals surface area contributed by atoms with E-state index in [9.17, 15) is 22.8 Å². The van der Waals surface area contributed by atoms with Gasteiger partial charge in [0.05, 0.1) is 23.8 Å². The molecule has 0 aromatic heterocycles. The number of carbonyl (C=O) groups is 2. The lowest BCUT2D eigenvalue weighted by Crippen LogP contribution is -2.30. The molecule has 0 saturated heterocycles. The van der Waals surface area contributed by atoms with Gasteiger partial charge in [-0.1, -0.05) is 6.07 Å². The molecule has 0 spiro atoms. The van der Waals surface area contributed by atoms with E-state index < -0.39 is 36.0 Å². The second-order valence-electron chi connectivity index (χ2n) is 9.01. The van der Waals surface area contributed by atoms with Gasteiger partial charge < -0.3 is 25.8 Å². The van der Waals surface area contributed by atoms with Gasteiger partial charge in [0.2, 0.25) is 11.8 Å². The van der Waals surface area contributed by atoms with Crippen molar-refractivity contribution < 1.29 is 32.2 Å². The SMILES string of the molecule is COC1CCC(Oc2ccc(C(C)NC(=O)CC(=O)Nc3ccc(C(=N)N)cc3)cc2C(F)(F)F)CC1. The van der Waals surface area contributed by atoms with Crippen LogP contribution in [0.25, 0.3) is 0 Å². The zero-order chi connectivity index (χ0) is 27.2. The Morgan fingerprint density at radius 3 is 2.24 bits per heavy atom. The molecule has 11 heteroatoms. The molecule has 37 heavy (non-hydrogen) atoms. The molecule has 1 fully saturated rings. The van der Waals surface area contributed by atoms with Crippen LogP contribution in [0.5, 0.6) is 5.75 Å². The van der Waals surface area contributed by atoms with E-state index in [1.54, 1.807) is 38.3 Å². The monoisotopic (exact) mass is 520 g/mol. The van der Waals surface area contributed by atoms with Crippen molar-refractivity contribution in [2.24, 2.45) is 5.73 Å². The van der Waals surface area contributed by atoms with Gasteiger partial charge in [0.25, 0.3) is 0 Å². The summed E-state index contributed by atoms with van der Waals surface area (Å²) in [6, 6.07) is 9.14. The van der Waals surface area contributed by atoms with Crippen LogP contribution in [-0.2, 0) is 20.5 Å². The molecule has 5 N–H and O–H groups in total. The Morgan fingerprint density at radius 2 is 1.68 bits per heavy atom. The molecule has 3 rings (SSSR count). The van der Waals surface area contributed by atoms with Gasteiger partial charge in [-0.25, -0.2) is 0 Å². The number of hydrogen-bond donors (Lipinski definition) is 4. The van der Waals surface area contributed by atoms with Gasteiger partial charge >= 0.3 is 6.18 Å². The third-order valence-electron chi connectivity index (χ3n) is 6.24. The van der Waals surface area contributed by atoms with E-state index in [1.165, 1.54) is 12.1 Å². The highest BCUT2D eigenvalue weighted by Gasteiger charge is 2.36. The molecular weight excluding hydrogens is 489 g/mol. The fraction of sp³-hybridized carbons (Fsp3) is 0.423. The Kier molecular flexibility index (Phi) is 9.14. The average Bonchev–Trinajstić information content (AvgIpc) is 2.84. The summed E-state index contributed by atoms with van der Waals surface area (Å²) < 4.78 is 52.5. The number of nitrogens with two attached hydrogens (primary N) is 1. The first-order valence-electron chi connectivity index (χ1n) is 11.9. The summed E-state index contributed by atoms with van der Waals surface area (Å²) >= 11 is 0. The van der Waals surface area contributed by atoms with Gasteiger partial charge in [0, 0.05) is 18.4 Å². The predicted molar refractivity (Wildman–Crippen MR) is 132 cm³/mol. The molecule has 1 saturated carbocycles. The van der Waals surface area contributed by atoms with Crippen molar-refractivity contribution in [1.82, 2.24) is 5.32 Å². The van der Waals surface area contributed by atoms with Gasteiger partial charge in [-0.05, 0) is 74.6 Å². The Labute approximate surface area is 213 Å². The van der Waals surface area contributed by atoms with Crippen molar-refractivity contribution in [3.63, 3.8) is 0 Å². The maximum atomic E-state index is 13.8. The highest BCUT2D eigenvalue weighted by molar-refractivity contribution is 6.04. The summed E-state index contributed by atoms with van der Waals surface area (Å²) in [6.07, 6.45) is -2.73. The Balaban J connectivity index is 1.60. The van der Waals surface area contributed by atoms with Crippen molar-refractivity contribution in [2.45, 2.75) is 63.5 Å². The van der Waals surface area contributed by atoms with Crippen LogP contribution in [0, 0.1) is 5.41 Å². The smallest absolute Gasteiger partial charge is 0.419 e. The standard InChI is InChI=1S/C26H31F3N4O4/c1-15(32-23(34)14-24(35)33-18-6-3-16(4-7-18)25(30)31)17-5-12-22(21(13-17)26(27,28)29)37-20-10-8-19(36-2)9-11-20/h3-7,12-13,15,19-20H,8-11,14H2,1-2H3,(H3,30,31)(H,32,34)(H,33,35). The molecule has 0 heterocycles. The summed E-state index contributed by atoms with van der Waals surface area (Å²) in [6.45, 7) is 1.54. The number of anilines is 1. The van der Waals surface area contributed by atoms with E-state index in [1.807, 2.05) is 0 Å². The number of rotatable bonds is 9. The average molecular weight is 521 g/mol. The van der Waals surface area contributed by atoms with Crippen molar-refractivity contribution in [1.29, 1.82) is 5.41 Å². The first-order chi connectivity index (χ1) is 17.5. The highest BCUT2D eigenvalue weighted by Crippen LogP contribution is 2.39. The number of alkyl halides is 3. The second-order valence-corrected chi connectivity index (χ2v) is 9.01. The van der Waals surface area contributed by atoms with Crippen LogP contribution < -0.4 is 21.1 Å². The van der Waals surface area contributed by atoms with Gasteiger partial charge in [0.1, 0.15) is 18.0 Å². The van der Waals surface area contributed by atoms with Gasteiger partial charge in [0.15, 0.2) is 0 Å². The summed E-state index contributed by atoms with van der Waals surface area (Å²) in [5.74, 6) is -1.60. The van der Waals surface area contributed by atoms with Gasteiger partial charge in [-0.15, -0.1) is 0 Å². The molecule has 200 valence electrons. The molecule has 0 radical (unpaired) electrons. The fourth-order valence-electron chi connectivity index (χ4n) is 4.17. The zero-order valence-electron chi connectivity index (χ0n) is 20.7. The van der Waals surface area contributed by atoms with Crippen molar-refractivity contribution in [3.8, 4) is 5.75 Å². The lowest BCUT2D eigenvalue weighted by atomic mass is 9.94. The number of nitrogens with one attached hydrogen (secondary N) is 3. The van der Waals surface area contributed by atoms with E-state index in [-0.39, 0.29) is 29.4 Å². The lowest BCUT2D eigenvalue weighted by Gasteiger charge is -2.29. The number of methoxy groups -OCH3 is 1. The minimum absolute atomic E-state index is 0.100. The van der Waals surface area contributed by atoms with E-state index in [2.05, 4.69) is 10.6 Å². The van der Waals surface area contributed by atoms with Gasteiger partial charge in [-0.3, -0.25) is 15.0 Å². The Morgan fingerprint density at radius 1 is 1.05 bits per heavy atom. The van der Waals surface area contributed by atoms with Crippen molar-refractivity contribution >= 4 is 23.3 Å². The maximum Gasteiger partial charge on any atom is 0.419 e. The first kappa shape index (κ1) is 28.0. The van der Waals surface area contributed by atoms with Crippen LogP contribution in [0.3, 0.4) is 0 Å². The number of carbonyl (C=O) groups excluding carboxylic acids is 2. The van der Waals surface area contributed by atoms with Crippen LogP contribution in [0.1, 0.15) is 61.8 Å². The number of benzene rings is 2. The molecule has 0 aliphatic heterocycles. The van der Waals surface area contributed by atoms with Crippen LogP contribution in [0.15, 0.2) is 42.5 Å². The molecule has 1 atom stereocenters. The molecule has 2 aromatic carbocycles. The number of amides is 2. The van der Waals surface area contributed by atoms with E-state index in [0.29, 0.717) is 24.1 Å². The summed E-state index contributed by atoms with van der Waals surface area (Å²) in [5, 5.41) is 12.5. The second kappa shape index (κ2) is 12.1. The summed E-state index contributed by atoms with van der Waals surface area (Å²) in [4.78, 5) is 24.6. The number of halogens is 3. The van der Waals surface area contributed by atoms with E-state index in [0.717, 1.165) is 18.9 Å². The normalized spacial score (nSPS) is 18.5. The molecule has 1 aliphatic carbocycles. The molecule has 2 amide bonds. The largest absolute Gasteiger partial charge is 0.490 e. The molecule has 2 aromatic rings. The Bertz CT molecular complexity index is 1110. The van der Waals surface area contributed by atoms with Crippen molar-refractivity contribution in [3.05, 3.63) is 59.2 Å². The quantitative estimate of drug-likeness (QED) is 0.220. The molecule has 1 aliphatic rings. The summed E-state index contributed by atoms with van der Waals surface area (Å²) in [5.41, 5.74) is 5.61. The number of nitrogen functional groups attached to an aromatic ring is 1. The fourth-order valence-corrected chi connectivity index (χ4v) is 4.17.